The fourth-order valence-electron chi connectivity index (χ4n) is 3.43. The smallest absolute Gasteiger partial charge is 0.313 e. The number of amides is 2. The summed E-state index contributed by atoms with van der Waals surface area (Å²) in [5.41, 5.74) is 1.26. The zero-order valence-corrected chi connectivity index (χ0v) is 15.9. The molecule has 2 aromatic rings. The lowest BCUT2D eigenvalue weighted by atomic mass is 9.96. The molecular weight excluding hydrogens is 346 g/mol. The van der Waals surface area contributed by atoms with Crippen LogP contribution in [0, 0.1) is 0 Å². The minimum absolute atomic E-state index is 0.0543. The lowest BCUT2D eigenvalue weighted by Crippen LogP contribution is -2.52. The predicted octanol–water partition coefficient (Wildman–Crippen LogP) is 0.806. The molecule has 0 bridgehead atoms. The summed E-state index contributed by atoms with van der Waals surface area (Å²) >= 11 is 0. The summed E-state index contributed by atoms with van der Waals surface area (Å²) in [6.45, 7) is 0.476. The summed E-state index contributed by atoms with van der Waals surface area (Å²) in [5.74, 6) is -0.797. The highest BCUT2D eigenvalue weighted by Gasteiger charge is 2.36. The van der Waals surface area contributed by atoms with Gasteiger partial charge in [-0.25, -0.2) is 0 Å². The van der Waals surface area contributed by atoms with E-state index in [4.69, 9.17) is 0 Å². The van der Waals surface area contributed by atoms with Gasteiger partial charge in [-0.3, -0.25) is 9.59 Å². The minimum Gasteiger partial charge on any atom is -0.346 e. The number of hydrogen-bond donors (Lipinski definition) is 2. The van der Waals surface area contributed by atoms with Crippen molar-refractivity contribution in [3.63, 3.8) is 0 Å². The summed E-state index contributed by atoms with van der Waals surface area (Å²) in [7, 11) is 5.73. The number of carbonyl (C=O) groups is 2. The van der Waals surface area contributed by atoms with Gasteiger partial charge in [0.25, 0.3) is 0 Å². The topological polar surface area (TPSA) is 105 Å². The van der Waals surface area contributed by atoms with Crippen molar-refractivity contribution in [2.24, 2.45) is 7.05 Å². The van der Waals surface area contributed by atoms with Crippen molar-refractivity contribution < 1.29 is 9.59 Å². The number of tetrazole rings is 1. The van der Waals surface area contributed by atoms with Crippen LogP contribution in [0.25, 0.3) is 11.4 Å². The number of benzene rings is 1. The van der Waals surface area contributed by atoms with Crippen molar-refractivity contribution in [1.29, 1.82) is 0 Å². The Bertz CT molecular complexity index is 807. The molecule has 0 spiro atoms. The van der Waals surface area contributed by atoms with E-state index in [0.717, 1.165) is 31.2 Å². The van der Waals surface area contributed by atoms with Crippen LogP contribution >= 0.6 is 0 Å². The molecule has 1 heterocycles. The number of nitrogens with zero attached hydrogens (tertiary/aromatic N) is 5. The Morgan fingerprint density at radius 1 is 1.15 bits per heavy atom. The Hall–Kier alpha value is -2.81. The molecule has 1 aromatic carbocycles. The van der Waals surface area contributed by atoms with E-state index < -0.39 is 11.8 Å². The summed E-state index contributed by atoms with van der Waals surface area (Å²) in [5, 5.41) is 17.2. The molecule has 1 saturated carbocycles. The molecule has 1 aliphatic rings. The fourth-order valence-corrected chi connectivity index (χ4v) is 3.43. The van der Waals surface area contributed by atoms with Crippen LogP contribution in [-0.4, -0.2) is 63.1 Å². The van der Waals surface area contributed by atoms with E-state index in [1.165, 1.54) is 4.80 Å². The van der Waals surface area contributed by atoms with Crippen LogP contribution < -0.4 is 10.6 Å². The molecule has 2 N–H and O–H groups in total. The first-order chi connectivity index (χ1) is 12.9. The summed E-state index contributed by atoms with van der Waals surface area (Å²) in [6, 6.07) is 6.94. The number of aryl methyl sites for hydroxylation is 1. The lowest BCUT2D eigenvalue weighted by Gasteiger charge is -2.36. The van der Waals surface area contributed by atoms with Crippen LogP contribution in [-0.2, 0) is 16.6 Å². The van der Waals surface area contributed by atoms with Crippen LogP contribution in [0.15, 0.2) is 24.3 Å². The molecular formula is C18H25N7O2. The van der Waals surface area contributed by atoms with Gasteiger partial charge in [-0.15, -0.1) is 10.2 Å². The van der Waals surface area contributed by atoms with Gasteiger partial charge in [0.15, 0.2) is 0 Å². The Labute approximate surface area is 158 Å². The van der Waals surface area contributed by atoms with Gasteiger partial charge in [0, 0.05) is 23.3 Å². The third kappa shape index (κ3) is 4.30. The Kier molecular flexibility index (Phi) is 5.50. The summed E-state index contributed by atoms with van der Waals surface area (Å²) < 4.78 is 0. The minimum atomic E-state index is -0.674. The molecule has 9 heteroatoms. The first-order valence-electron chi connectivity index (χ1n) is 9.01. The van der Waals surface area contributed by atoms with Gasteiger partial charge in [0.1, 0.15) is 0 Å². The zero-order valence-electron chi connectivity index (χ0n) is 15.9. The van der Waals surface area contributed by atoms with E-state index in [9.17, 15) is 9.59 Å². The largest absolute Gasteiger partial charge is 0.346 e. The second kappa shape index (κ2) is 7.83. The molecule has 1 aromatic heterocycles. The van der Waals surface area contributed by atoms with E-state index in [2.05, 4.69) is 30.9 Å². The van der Waals surface area contributed by atoms with Crippen LogP contribution in [0.5, 0.6) is 0 Å². The quantitative estimate of drug-likeness (QED) is 0.754. The number of carbonyl (C=O) groups excluding carboxylic acids is 2. The van der Waals surface area contributed by atoms with Crippen LogP contribution in [0.3, 0.4) is 0 Å². The van der Waals surface area contributed by atoms with E-state index >= 15 is 0 Å². The maximum Gasteiger partial charge on any atom is 0.313 e. The SMILES string of the molecule is CN(C)C1(CNC(=O)C(=O)Nc2ccc(-c3nnn(C)n3)cc2)CCCC1. The van der Waals surface area contributed by atoms with Gasteiger partial charge in [-0.05, 0) is 56.4 Å². The van der Waals surface area contributed by atoms with Crippen LogP contribution in [0.2, 0.25) is 0 Å². The normalized spacial score (nSPS) is 15.7. The standard InChI is InChI=1S/C18H25N7O2/c1-24(2)18(10-4-5-11-18)12-19-16(26)17(27)20-14-8-6-13(7-9-14)15-21-23-25(3)22-15/h6-9H,4-5,10-12H2,1-3H3,(H,19,26)(H,20,27). The maximum absolute atomic E-state index is 12.2. The van der Waals surface area contributed by atoms with Crippen molar-refractivity contribution in [2.45, 2.75) is 31.2 Å². The maximum atomic E-state index is 12.2. The summed E-state index contributed by atoms with van der Waals surface area (Å²) in [4.78, 5) is 27.9. The molecule has 0 saturated heterocycles. The van der Waals surface area contributed by atoms with Gasteiger partial charge < -0.3 is 15.5 Å². The highest BCUT2D eigenvalue weighted by molar-refractivity contribution is 6.39. The Balaban J connectivity index is 1.56. The molecule has 9 nitrogen and oxygen atoms in total. The second-order valence-electron chi connectivity index (χ2n) is 7.14. The van der Waals surface area contributed by atoms with E-state index in [1.807, 2.05) is 14.1 Å². The lowest BCUT2D eigenvalue weighted by molar-refractivity contribution is -0.136. The van der Waals surface area contributed by atoms with Crippen molar-refractivity contribution in [1.82, 2.24) is 30.4 Å². The molecule has 0 atom stereocenters. The first-order valence-corrected chi connectivity index (χ1v) is 9.01. The van der Waals surface area contributed by atoms with E-state index in [0.29, 0.717) is 18.1 Å². The molecule has 3 rings (SSSR count). The monoisotopic (exact) mass is 371 g/mol. The van der Waals surface area contributed by atoms with Gasteiger partial charge in [0.05, 0.1) is 7.05 Å². The average molecular weight is 371 g/mol. The second-order valence-corrected chi connectivity index (χ2v) is 7.14. The summed E-state index contributed by atoms with van der Waals surface area (Å²) in [6.07, 6.45) is 4.35. The van der Waals surface area contributed by atoms with Gasteiger partial charge in [-0.2, -0.15) is 4.80 Å². The third-order valence-corrected chi connectivity index (χ3v) is 5.18. The van der Waals surface area contributed by atoms with Crippen molar-refractivity contribution in [3.05, 3.63) is 24.3 Å². The predicted molar refractivity (Wildman–Crippen MR) is 101 cm³/mol. The third-order valence-electron chi connectivity index (χ3n) is 5.18. The molecule has 0 unspecified atom stereocenters. The van der Waals surface area contributed by atoms with Crippen molar-refractivity contribution in [3.8, 4) is 11.4 Å². The van der Waals surface area contributed by atoms with Gasteiger partial charge in [0.2, 0.25) is 5.82 Å². The number of aromatic nitrogens is 4. The molecule has 0 radical (unpaired) electrons. The highest BCUT2D eigenvalue weighted by atomic mass is 16.2. The fraction of sp³-hybridized carbons (Fsp3) is 0.500. The van der Waals surface area contributed by atoms with E-state index in [1.54, 1.807) is 31.3 Å². The van der Waals surface area contributed by atoms with E-state index in [-0.39, 0.29) is 5.54 Å². The number of anilines is 1. The highest BCUT2D eigenvalue weighted by Crippen LogP contribution is 2.33. The molecule has 2 amide bonds. The first kappa shape index (κ1) is 19.0. The number of hydrogen-bond acceptors (Lipinski definition) is 6. The molecule has 144 valence electrons. The number of nitrogens with one attached hydrogen (secondary N) is 2. The van der Waals surface area contributed by atoms with Gasteiger partial charge in [-0.1, -0.05) is 12.8 Å². The Morgan fingerprint density at radius 2 is 1.81 bits per heavy atom. The average Bonchev–Trinajstić information content (AvgIpc) is 3.30. The number of rotatable bonds is 5. The molecule has 27 heavy (non-hydrogen) atoms. The van der Waals surface area contributed by atoms with Crippen molar-refractivity contribution in [2.75, 3.05) is 26.0 Å². The van der Waals surface area contributed by atoms with Crippen molar-refractivity contribution >= 4 is 17.5 Å². The number of likely N-dealkylation sites (N-methyl/N-ethyl adjacent to an activating group) is 1. The van der Waals surface area contributed by atoms with Gasteiger partial charge >= 0.3 is 11.8 Å². The van der Waals surface area contributed by atoms with Crippen LogP contribution in [0.1, 0.15) is 25.7 Å². The Morgan fingerprint density at radius 3 is 2.37 bits per heavy atom. The van der Waals surface area contributed by atoms with Crippen LogP contribution in [0.4, 0.5) is 5.69 Å². The molecule has 1 aliphatic carbocycles. The zero-order chi connectivity index (χ0) is 19.4. The molecule has 1 fully saturated rings. The molecule has 0 aliphatic heterocycles.